The van der Waals surface area contributed by atoms with Crippen molar-refractivity contribution in [1.82, 2.24) is 14.6 Å². The van der Waals surface area contributed by atoms with Crippen LogP contribution in [-0.2, 0) is 0 Å². The molecule has 7 nitrogen and oxygen atoms in total. The molecule has 0 atom stereocenters. The largest absolute Gasteiger partial charge is 0.497 e. The lowest BCUT2D eigenvalue weighted by molar-refractivity contribution is 0.00152. The number of likely N-dealkylation sites (tertiary alicyclic amines) is 1. The van der Waals surface area contributed by atoms with E-state index in [0.717, 1.165) is 11.3 Å². The van der Waals surface area contributed by atoms with Crippen molar-refractivity contribution in [2.24, 2.45) is 0 Å². The molecule has 2 heterocycles. The minimum Gasteiger partial charge on any atom is -0.497 e. The van der Waals surface area contributed by atoms with Crippen molar-refractivity contribution < 1.29 is 19.5 Å². The van der Waals surface area contributed by atoms with E-state index in [1.807, 2.05) is 24.3 Å². The Bertz CT molecular complexity index is 660. The summed E-state index contributed by atoms with van der Waals surface area (Å²) in [5, 5.41) is 8.98. The molecule has 1 aromatic heterocycles. The van der Waals surface area contributed by atoms with E-state index >= 15 is 0 Å². The van der Waals surface area contributed by atoms with Crippen LogP contribution in [0.2, 0.25) is 0 Å². The van der Waals surface area contributed by atoms with E-state index in [1.54, 1.807) is 24.2 Å². The first-order valence-corrected chi connectivity index (χ1v) is 7.50. The van der Waals surface area contributed by atoms with E-state index in [4.69, 9.17) is 14.7 Å². The summed E-state index contributed by atoms with van der Waals surface area (Å²) < 4.78 is 6.81. The van der Waals surface area contributed by atoms with Gasteiger partial charge in [0.25, 0.3) is 0 Å². The topological polar surface area (TPSA) is 76.8 Å². The first-order chi connectivity index (χ1) is 11.2. The number of hydrogen-bond acceptors (Lipinski definition) is 4. The molecule has 1 aliphatic heterocycles. The SMILES string of the molecule is COc1ccc(-c2nccn2OC2CCN(C(=O)O)CC2)cc1. The maximum Gasteiger partial charge on any atom is 0.407 e. The number of hydrogen-bond donors (Lipinski definition) is 1. The number of benzene rings is 1. The highest BCUT2D eigenvalue weighted by molar-refractivity contribution is 5.65. The maximum atomic E-state index is 10.9. The number of piperidine rings is 1. The van der Waals surface area contributed by atoms with E-state index in [1.165, 1.54) is 4.90 Å². The van der Waals surface area contributed by atoms with Gasteiger partial charge in [-0.1, -0.05) is 0 Å². The molecule has 0 radical (unpaired) electrons. The summed E-state index contributed by atoms with van der Waals surface area (Å²) in [4.78, 5) is 22.7. The number of carboxylic acid groups (broad SMARTS) is 1. The minimum atomic E-state index is -0.870. The van der Waals surface area contributed by atoms with Crippen LogP contribution in [0.3, 0.4) is 0 Å². The standard InChI is InChI=1S/C16H19N3O4/c1-22-13-4-2-12(3-5-13)15-17-8-11-19(15)23-14-6-9-18(10-7-14)16(20)21/h2-5,8,11,14H,6-7,9-10H2,1H3,(H,20,21). The Kier molecular flexibility index (Phi) is 4.36. The Balaban J connectivity index is 1.68. The van der Waals surface area contributed by atoms with Crippen LogP contribution in [0.25, 0.3) is 11.4 Å². The van der Waals surface area contributed by atoms with Crippen molar-refractivity contribution >= 4 is 6.09 Å². The summed E-state index contributed by atoms with van der Waals surface area (Å²) in [7, 11) is 1.63. The molecule has 0 unspecified atom stereocenters. The second-order valence-electron chi connectivity index (χ2n) is 5.38. The van der Waals surface area contributed by atoms with Crippen LogP contribution in [0.4, 0.5) is 4.79 Å². The highest BCUT2D eigenvalue weighted by atomic mass is 16.7. The van der Waals surface area contributed by atoms with Gasteiger partial charge in [-0.25, -0.2) is 9.78 Å². The maximum absolute atomic E-state index is 10.9. The summed E-state index contributed by atoms with van der Waals surface area (Å²) in [5.74, 6) is 1.50. The van der Waals surface area contributed by atoms with Crippen molar-refractivity contribution in [2.75, 3.05) is 20.2 Å². The highest BCUT2D eigenvalue weighted by Crippen LogP contribution is 2.21. The Morgan fingerprint density at radius 1 is 1.26 bits per heavy atom. The molecule has 7 heteroatoms. The number of aromatic nitrogens is 2. The van der Waals surface area contributed by atoms with Gasteiger partial charge in [-0.05, 0) is 24.3 Å². The van der Waals surface area contributed by atoms with Crippen molar-refractivity contribution in [2.45, 2.75) is 18.9 Å². The summed E-state index contributed by atoms with van der Waals surface area (Å²) in [5.41, 5.74) is 0.929. The number of amides is 1. The van der Waals surface area contributed by atoms with E-state index in [9.17, 15) is 4.79 Å². The second kappa shape index (κ2) is 6.60. The zero-order valence-corrected chi connectivity index (χ0v) is 12.9. The molecule has 0 spiro atoms. The number of ether oxygens (including phenoxy) is 1. The van der Waals surface area contributed by atoms with Gasteiger partial charge >= 0.3 is 6.09 Å². The van der Waals surface area contributed by atoms with Crippen LogP contribution >= 0.6 is 0 Å². The van der Waals surface area contributed by atoms with E-state index in [-0.39, 0.29) is 6.10 Å². The van der Waals surface area contributed by atoms with Gasteiger partial charge in [0.2, 0.25) is 0 Å². The van der Waals surface area contributed by atoms with Gasteiger partial charge in [-0.15, -0.1) is 0 Å². The minimum absolute atomic E-state index is 0.0169. The molecule has 3 rings (SSSR count). The molecular weight excluding hydrogens is 298 g/mol. The molecule has 2 aromatic rings. The van der Waals surface area contributed by atoms with Gasteiger partial charge < -0.3 is 19.6 Å². The van der Waals surface area contributed by atoms with Crippen molar-refractivity contribution in [3.63, 3.8) is 0 Å². The first-order valence-electron chi connectivity index (χ1n) is 7.50. The molecule has 0 saturated carbocycles. The molecule has 122 valence electrons. The predicted octanol–water partition coefficient (Wildman–Crippen LogP) is 2.13. The van der Waals surface area contributed by atoms with Crippen LogP contribution in [0.5, 0.6) is 5.75 Å². The number of imidazole rings is 1. The Labute approximate surface area is 134 Å². The smallest absolute Gasteiger partial charge is 0.407 e. The molecule has 0 bridgehead atoms. The summed E-state index contributed by atoms with van der Waals surface area (Å²) in [6.07, 6.45) is 3.91. The van der Waals surface area contributed by atoms with Crippen LogP contribution in [0.1, 0.15) is 12.8 Å². The molecule has 1 aromatic carbocycles. The fourth-order valence-electron chi connectivity index (χ4n) is 2.63. The van der Waals surface area contributed by atoms with Gasteiger partial charge in [-0.2, -0.15) is 4.73 Å². The highest BCUT2D eigenvalue weighted by Gasteiger charge is 2.24. The van der Waals surface area contributed by atoms with E-state index in [2.05, 4.69) is 4.98 Å². The zero-order valence-electron chi connectivity index (χ0n) is 12.9. The van der Waals surface area contributed by atoms with Crippen molar-refractivity contribution in [3.8, 4) is 17.1 Å². The molecule has 1 fully saturated rings. The number of carbonyl (C=O) groups is 1. The molecule has 1 aliphatic rings. The number of methoxy groups -OCH3 is 1. The second-order valence-corrected chi connectivity index (χ2v) is 5.38. The molecule has 1 saturated heterocycles. The lowest BCUT2D eigenvalue weighted by Crippen LogP contribution is -2.42. The van der Waals surface area contributed by atoms with Crippen molar-refractivity contribution in [1.29, 1.82) is 0 Å². The zero-order chi connectivity index (χ0) is 16.2. The molecule has 23 heavy (non-hydrogen) atoms. The Hall–Kier alpha value is -2.70. The molecule has 1 amide bonds. The normalized spacial score (nSPS) is 15.4. The predicted molar refractivity (Wildman–Crippen MR) is 83.4 cm³/mol. The van der Waals surface area contributed by atoms with Crippen molar-refractivity contribution in [3.05, 3.63) is 36.7 Å². The Morgan fingerprint density at radius 3 is 2.57 bits per heavy atom. The summed E-state index contributed by atoms with van der Waals surface area (Å²) >= 11 is 0. The van der Waals surface area contributed by atoms with E-state index < -0.39 is 6.09 Å². The summed E-state index contributed by atoms with van der Waals surface area (Å²) in [6, 6.07) is 7.60. The van der Waals surface area contributed by atoms with Gasteiger partial charge in [-0.3, -0.25) is 0 Å². The van der Waals surface area contributed by atoms with E-state index in [0.29, 0.717) is 31.8 Å². The molecular formula is C16H19N3O4. The third-order valence-corrected chi connectivity index (χ3v) is 3.93. The number of nitrogens with zero attached hydrogens (tertiary/aromatic N) is 3. The lowest BCUT2D eigenvalue weighted by atomic mass is 10.1. The van der Waals surface area contributed by atoms with Gasteiger partial charge in [0.05, 0.1) is 13.3 Å². The van der Waals surface area contributed by atoms with Crippen LogP contribution < -0.4 is 9.57 Å². The Morgan fingerprint density at radius 2 is 1.96 bits per heavy atom. The third-order valence-electron chi connectivity index (χ3n) is 3.93. The fourth-order valence-corrected chi connectivity index (χ4v) is 2.63. The first kappa shape index (κ1) is 15.2. The average molecular weight is 317 g/mol. The average Bonchev–Trinajstić information content (AvgIpc) is 3.03. The van der Waals surface area contributed by atoms with Gasteiger partial charge in [0.15, 0.2) is 5.82 Å². The van der Waals surface area contributed by atoms with Gasteiger partial charge in [0, 0.05) is 37.7 Å². The third kappa shape index (κ3) is 3.39. The lowest BCUT2D eigenvalue weighted by Gasteiger charge is -2.30. The van der Waals surface area contributed by atoms with Crippen LogP contribution in [0, 0.1) is 0 Å². The van der Waals surface area contributed by atoms with Crippen LogP contribution in [0.15, 0.2) is 36.7 Å². The fraction of sp³-hybridized carbons (Fsp3) is 0.375. The summed E-state index contributed by atoms with van der Waals surface area (Å²) in [6.45, 7) is 0.985. The monoisotopic (exact) mass is 317 g/mol. The van der Waals surface area contributed by atoms with Crippen LogP contribution in [-0.4, -0.2) is 52.1 Å². The molecule has 1 N–H and O–H groups in total. The number of rotatable bonds is 4. The molecule has 0 aliphatic carbocycles. The quantitative estimate of drug-likeness (QED) is 0.935. The van der Waals surface area contributed by atoms with Gasteiger partial charge in [0.1, 0.15) is 11.9 Å².